The Morgan fingerprint density at radius 3 is 2.77 bits per heavy atom. The van der Waals surface area contributed by atoms with Crippen LogP contribution in [0.15, 0.2) is 24.3 Å². The number of benzene rings is 1. The van der Waals surface area contributed by atoms with Gasteiger partial charge in [-0.2, -0.15) is 0 Å². The molecule has 1 N–H and O–H groups in total. The fraction of sp³-hybridized carbons (Fsp3) is 0.611. The molecular weight excluding hydrogens is 296 g/mol. The van der Waals surface area contributed by atoms with Crippen molar-refractivity contribution in [2.24, 2.45) is 5.92 Å². The molecule has 122 valence electrons. The van der Waals surface area contributed by atoms with Crippen molar-refractivity contribution < 1.29 is 4.79 Å². The van der Waals surface area contributed by atoms with Crippen LogP contribution in [0.4, 0.5) is 0 Å². The molecule has 1 fully saturated rings. The number of amides is 1. The first-order chi connectivity index (χ1) is 10.5. The van der Waals surface area contributed by atoms with Crippen molar-refractivity contribution in [2.45, 2.75) is 52.1 Å². The predicted molar refractivity (Wildman–Crippen MR) is 92.0 cm³/mol. The van der Waals surface area contributed by atoms with E-state index in [1.807, 2.05) is 12.1 Å². The minimum atomic E-state index is 0.201. The zero-order valence-corrected chi connectivity index (χ0v) is 14.4. The molecule has 1 saturated heterocycles. The van der Waals surface area contributed by atoms with Gasteiger partial charge in [-0.15, -0.1) is 0 Å². The number of halogens is 1. The highest BCUT2D eigenvalue weighted by molar-refractivity contribution is 6.30. The normalized spacial score (nSPS) is 19.4. The lowest BCUT2D eigenvalue weighted by Crippen LogP contribution is -2.47. The van der Waals surface area contributed by atoms with Gasteiger partial charge in [0.05, 0.1) is 0 Å². The van der Waals surface area contributed by atoms with E-state index < -0.39 is 0 Å². The number of hydrogen-bond acceptors (Lipinski definition) is 2. The van der Waals surface area contributed by atoms with Gasteiger partial charge in [0.15, 0.2) is 0 Å². The van der Waals surface area contributed by atoms with Gasteiger partial charge in [-0.25, -0.2) is 0 Å². The minimum Gasteiger partial charge on any atom is -0.352 e. The summed E-state index contributed by atoms with van der Waals surface area (Å²) in [4.78, 5) is 14.4. The van der Waals surface area contributed by atoms with Crippen LogP contribution in [-0.4, -0.2) is 29.9 Å². The molecule has 22 heavy (non-hydrogen) atoms. The molecule has 0 spiro atoms. The van der Waals surface area contributed by atoms with Crippen LogP contribution in [0.3, 0.4) is 0 Å². The number of carbonyl (C=O) groups is 1. The lowest BCUT2D eigenvalue weighted by molar-refractivity contribution is -0.122. The molecule has 1 heterocycles. The Kier molecular flexibility index (Phi) is 6.71. The summed E-state index contributed by atoms with van der Waals surface area (Å²) in [6.45, 7) is 7.27. The predicted octanol–water partition coefficient (Wildman–Crippen LogP) is 3.86. The molecule has 2 rings (SSSR count). The highest BCUT2D eigenvalue weighted by atomic mass is 35.5. The molecule has 0 radical (unpaired) electrons. The molecule has 1 atom stereocenters. The highest BCUT2D eigenvalue weighted by Crippen LogP contribution is 2.16. The summed E-state index contributed by atoms with van der Waals surface area (Å²) < 4.78 is 0. The number of nitrogens with zero attached hydrogens (tertiary/aromatic N) is 1. The quantitative estimate of drug-likeness (QED) is 0.862. The van der Waals surface area contributed by atoms with Crippen molar-refractivity contribution in [2.75, 3.05) is 13.1 Å². The highest BCUT2D eigenvalue weighted by Gasteiger charge is 2.21. The first kappa shape index (κ1) is 17.3. The number of nitrogens with one attached hydrogen (secondary N) is 1. The van der Waals surface area contributed by atoms with Crippen LogP contribution < -0.4 is 5.32 Å². The molecule has 1 aromatic rings. The van der Waals surface area contributed by atoms with Crippen LogP contribution in [0, 0.1) is 5.92 Å². The van der Waals surface area contributed by atoms with Gasteiger partial charge in [-0.3, -0.25) is 9.69 Å². The van der Waals surface area contributed by atoms with E-state index in [-0.39, 0.29) is 5.91 Å². The van der Waals surface area contributed by atoms with E-state index in [0.29, 0.717) is 18.4 Å². The molecule has 3 nitrogen and oxygen atoms in total. The van der Waals surface area contributed by atoms with Crippen molar-refractivity contribution in [3.05, 3.63) is 34.9 Å². The molecule has 1 amide bonds. The fourth-order valence-corrected chi connectivity index (χ4v) is 3.01. The topological polar surface area (TPSA) is 32.3 Å². The molecule has 1 aromatic carbocycles. The largest absolute Gasteiger partial charge is 0.352 e. The maximum atomic E-state index is 12.0. The Morgan fingerprint density at radius 2 is 2.09 bits per heavy atom. The maximum absolute atomic E-state index is 12.0. The van der Waals surface area contributed by atoms with Crippen molar-refractivity contribution in [3.63, 3.8) is 0 Å². The Labute approximate surface area is 139 Å². The number of likely N-dealkylation sites (tertiary alicyclic amines) is 1. The van der Waals surface area contributed by atoms with E-state index in [2.05, 4.69) is 36.2 Å². The van der Waals surface area contributed by atoms with Gasteiger partial charge in [-0.1, -0.05) is 37.6 Å². The minimum absolute atomic E-state index is 0.201. The molecule has 0 aliphatic carbocycles. The van der Waals surface area contributed by atoms with Gasteiger partial charge in [0, 0.05) is 30.6 Å². The fourth-order valence-electron chi connectivity index (χ4n) is 2.88. The third kappa shape index (κ3) is 5.98. The summed E-state index contributed by atoms with van der Waals surface area (Å²) in [5.41, 5.74) is 1.27. The van der Waals surface area contributed by atoms with E-state index >= 15 is 0 Å². The van der Waals surface area contributed by atoms with Gasteiger partial charge in [0.2, 0.25) is 5.91 Å². The summed E-state index contributed by atoms with van der Waals surface area (Å²) >= 11 is 5.93. The Balaban J connectivity index is 1.78. The Hall–Kier alpha value is -1.06. The molecule has 0 unspecified atom stereocenters. The molecule has 1 aliphatic heterocycles. The Morgan fingerprint density at radius 1 is 1.36 bits per heavy atom. The van der Waals surface area contributed by atoms with Gasteiger partial charge >= 0.3 is 0 Å². The van der Waals surface area contributed by atoms with Crippen molar-refractivity contribution in [3.8, 4) is 0 Å². The van der Waals surface area contributed by atoms with Crippen molar-refractivity contribution in [1.29, 1.82) is 0 Å². The molecule has 4 heteroatoms. The molecular formula is C18H27ClN2O. The van der Waals surface area contributed by atoms with E-state index in [1.165, 1.54) is 5.56 Å². The van der Waals surface area contributed by atoms with E-state index in [1.54, 1.807) is 0 Å². The van der Waals surface area contributed by atoms with Gasteiger partial charge in [0.1, 0.15) is 0 Å². The van der Waals surface area contributed by atoms with E-state index in [4.69, 9.17) is 11.6 Å². The molecule has 0 aromatic heterocycles. The average Bonchev–Trinajstić information content (AvgIpc) is 2.48. The second kappa shape index (κ2) is 8.54. The average molecular weight is 323 g/mol. The van der Waals surface area contributed by atoms with E-state index in [9.17, 15) is 4.79 Å². The zero-order valence-electron chi connectivity index (χ0n) is 13.6. The third-order valence-corrected chi connectivity index (χ3v) is 4.39. The van der Waals surface area contributed by atoms with Crippen molar-refractivity contribution in [1.82, 2.24) is 10.2 Å². The van der Waals surface area contributed by atoms with Crippen LogP contribution >= 0.6 is 11.6 Å². The summed E-state index contributed by atoms with van der Waals surface area (Å²) in [7, 11) is 0. The number of piperidine rings is 1. The first-order valence-corrected chi connectivity index (χ1v) is 8.67. The standard InChI is InChI=1S/C18H27ClN2O/c1-14(2)5-10-18(22)20-17-4-3-11-21(13-17)12-15-6-8-16(19)9-7-15/h6-9,14,17H,3-5,10-13H2,1-2H3,(H,20,22)/t17-/m0/s1. The summed E-state index contributed by atoms with van der Waals surface area (Å²) in [6, 6.07) is 8.32. The zero-order chi connectivity index (χ0) is 15.9. The number of carbonyl (C=O) groups excluding carboxylic acids is 1. The summed E-state index contributed by atoms with van der Waals surface area (Å²) in [5, 5.41) is 3.97. The second-order valence-corrected chi connectivity index (χ2v) is 7.14. The van der Waals surface area contributed by atoms with E-state index in [0.717, 1.165) is 43.9 Å². The lowest BCUT2D eigenvalue weighted by atomic mass is 10.0. The third-order valence-electron chi connectivity index (χ3n) is 4.14. The van der Waals surface area contributed by atoms with Gasteiger partial charge < -0.3 is 5.32 Å². The maximum Gasteiger partial charge on any atom is 0.220 e. The lowest BCUT2D eigenvalue weighted by Gasteiger charge is -2.33. The SMILES string of the molecule is CC(C)CCC(=O)N[C@H]1CCCN(Cc2ccc(Cl)cc2)C1. The van der Waals surface area contributed by atoms with Crippen molar-refractivity contribution >= 4 is 17.5 Å². The summed E-state index contributed by atoms with van der Waals surface area (Å²) in [6.07, 6.45) is 3.84. The smallest absolute Gasteiger partial charge is 0.220 e. The Bertz CT molecular complexity index is 472. The van der Waals surface area contributed by atoms with Gasteiger partial charge in [0.25, 0.3) is 0 Å². The first-order valence-electron chi connectivity index (χ1n) is 8.29. The van der Waals surface area contributed by atoms with Crippen LogP contribution in [-0.2, 0) is 11.3 Å². The monoisotopic (exact) mass is 322 g/mol. The molecule has 0 saturated carbocycles. The van der Waals surface area contributed by atoms with Crippen LogP contribution in [0.1, 0.15) is 45.1 Å². The second-order valence-electron chi connectivity index (χ2n) is 6.70. The van der Waals surface area contributed by atoms with Crippen LogP contribution in [0.5, 0.6) is 0 Å². The number of rotatable bonds is 6. The summed E-state index contributed by atoms with van der Waals surface area (Å²) in [5.74, 6) is 0.783. The van der Waals surface area contributed by atoms with Crippen LogP contribution in [0.25, 0.3) is 0 Å². The molecule has 1 aliphatic rings. The number of hydrogen-bond donors (Lipinski definition) is 1. The molecule has 0 bridgehead atoms. The van der Waals surface area contributed by atoms with Crippen LogP contribution in [0.2, 0.25) is 5.02 Å². The van der Waals surface area contributed by atoms with Gasteiger partial charge in [-0.05, 0) is 49.4 Å².